The second-order valence-corrected chi connectivity index (χ2v) is 4.70. The van der Waals surface area contributed by atoms with Gasteiger partial charge in [0.15, 0.2) is 0 Å². The maximum Gasteiger partial charge on any atom is 0.255 e. The van der Waals surface area contributed by atoms with Crippen molar-refractivity contribution in [2.75, 3.05) is 13.7 Å². The quantitative estimate of drug-likeness (QED) is 0.874. The number of amides is 1. The lowest BCUT2D eigenvalue weighted by atomic mass is 10.2. The van der Waals surface area contributed by atoms with Gasteiger partial charge in [-0.3, -0.25) is 9.89 Å². The lowest BCUT2D eigenvalue weighted by Crippen LogP contribution is -2.26. The minimum Gasteiger partial charge on any atom is -0.496 e. The Hall–Kier alpha value is -1.89. The zero-order valence-corrected chi connectivity index (χ0v) is 11.9. The molecule has 6 nitrogen and oxygen atoms in total. The summed E-state index contributed by atoms with van der Waals surface area (Å²) in [7, 11) is 1.53. The van der Waals surface area contributed by atoms with Crippen molar-refractivity contribution in [1.82, 2.24) is 20.5 Å². The molecule has 1 amide bonds. The summed E-state index contributed by atoms with van der Waals surface area (Å²) < 4.78 is 6.04. The largest absolute Gasteiger partial charge is 0.496 e. The molecule has 0 aliphatic carbocycles. The van der Waals surface area contributed by atoms with E-state index in [2.05, 4.69) is 36.4 Å². The highest BCUT2D eigenvalue weighted by Crippen LogP contribution is 2.23. The van der Waals surface area contributed by atoms with Gasteiger partial charge in [0.05, 0.1) is 12.7 Å². The highest BCUT2D eigenvalue weighted by Gasteiger charge is 2.12. The van der Waals surface area contributed by atoms with Gasteiger partial charge in [0.1, 0.15) is 17.9 Å². The van der Waals surface area contributed by atoms with Crippen molar-refractivity contribution < 1.29 is 9.53 Å². The van der Waals surface area contributed by atoms with Gasteiger partial charge in [-0.15, -0.1) is 0 Å². The molecule has 19 heavy (non-hydrogen) atoms. The SMILES string of the molecule is COc1cc(Br)ccc1C(=O)NCCc1ncn[nH]1. The maximum atomic E-state index is 12.0. The Bertz CT molecular complexity index is 557. The number of aromatic nitrogens is 3. The van der Waals surface area contributed by atoms with Crippen LogP contribution in [0.25, 0.3) is 0 Å². The van der Waals surface area contributed by atoms with Crippen molar-refractivity contribution in [2.45, 2.75) is 6.42 Å². The van der Waals surface area contributed by atoms with E-state index in [0.29, 0.717) is 24.3 Å². The number of methoxy groups -OCH3 is 1. The second kappa shape index (κ2) is 6.33. The number of ether oxygens (including phenoxy) is 1. The molecule has 0 aliphatic heterocycles. The van der Waals surface area contributed by atoms with Gasteiger partial charge in [0.2, 0.25) is 0 Å². The Labute approximate surface area is 118 Å². The smallest absolute Gasteiger partial charge is 0.255 e. The monoisotopic (exact) mass is 324 g/mol. The number of nitrogens with zero attached hydrogens (tertiary/aromatic N) is 2. The van der Waals surface area contributed by atoms with Crippen molar-refractivity contribution in [3.05, 3.63) is 40.4 Å². The van der Waals surface area contributed by atoms with E-state index < -0.39 is 0 Å². The Kier molecular flexibility index (Phi) is 4.51. The number of carbonyl (C=O) groups is 1. The van der Waals surface area contributed by atoms with E-state index >= 15 is 0 Å². The van der Waals surface area contributed by atoms with Crippen LogP contribution in [0.1, 0.15) is 16.2 Å². The van der Waals surface area contributed by atoms with Crippen molar-refractivity contribution in [3.63, 3.8) is 0 Å². The summed E-state index contributed by atoms with van der Waals surface area (Å²) in [6.45, 7) is 0.479. The summed E-state index contributed by atoms with van der Waals surface area (Å²) in [4.78, 5) is 16.0. The highest BCUT2D eigenvalue weighted by atomic mass is 79.9. The van der Waals surface area contributed by atoms with E-state index in [0.717, 1.165) is 10.3 Å². The van der Waals surface area contributed by atoms with Crippen LogP contribution in [0.2, 0.25) is 0 Å². The fourth-order valence-electron chi connectivity index (χ4n) is 1.59. The number of rotatable bonds is 5. The first-order chi connectivity index (χ1) is 9.20. The molecule has 0 saturated carbocycles. The molecule has 0 aliphatic rings. The number of aromatic amines is 1. The second-order valence-electron chi connectivity index (χ2n) is 3.78. The molecule has 1 aromatic heterocycles. The van der Waals surface area contributed by atoms with E-state index in [1.54, 1.807) is 18.2 Å². The molecule has 2 rings (SSSR count). The van der Waals surface area contributed by atoms with Crippen molar-refractivity contribution >= 4 is 21.8 Å². The van der Waals surface area contributed by atoms with Crippen molar-refractivity contribution in [1.29, 1.82) is 0 Å². The average Bonchev–Trinajstić information content (AvgIpc) is 2.91. The summed E-state index contributed by atoms with van der Waals surface area (Å²) in [5.74, 6) is 1.10. The van der Waals surface area contributed by atoms with Crippen molar-refractivity contribution in [3.8, 4) is 5.75 Å². The first-order valence-corrected chi connectivity index (χ1v) is 6.46. The van der Waals surface area contributed by atoms with Crippen LogP contribution in [-0.2, 0) is 6.42 Å². The molecule has 1 aromatic carbocycles. The summed E-state index contributed by atoms with van der Waals surface area (Å²) >= 11 is 3.33. The Morgan fingerprint density at radius 2 is 2.37 bits per heavy atom. The van der Waals surface area contributed by atoms with Gasteiger partial charge in [-0.25, -0.2) is 4.98 Å². The van der Waals surface area contributed by atoms with Crippen LogP contribution in [0.3, 0.4) is 0 Å². The third-order valence-electron chi connectivity index (χ3n) is 2.52. The zero-order valence-electron chi connectivity index (χ0n) is 10.3. The molecular weight excluding hydrogens is 312 g/mol. The summed E-state index contributed by atoms with van der Waals surface area (Å²) in [5.41, 5.74) is 0.503. The number of benzene rings is 1. The lowest BCUT2D eigenvalue weighted by molar-refractivity contribution is 0.0951. The molecule has 0 spiro atoms. The maximum absolute atomic E-state index is 12.0. The van der Waals surface area contributed by atoms with Gasteiger partial charge in [-0.2, -0.15) is 5.10 Å². The van der Waals surface area contributed by atoms with Gasteiger partial charge in [0.25, 0.3) is 5.91 Å². The van der Waals surface area contributed by atoms with E-state index in [1.807, 2.05) is 0 Å². The number of nitrogens with one attached hydrogen (secondary N) is 2. The fourth-order valence-corrected chi connectivity index (χ4v) is 1.93. The molecule has 0 bridgehead atoms. The Morgan fingerprint density at radius 3 is 3.05 bits per heavy atom. The van der Waals surface area contributed by atoms with Gasteiger partial charge in [-0.05, 0) is 18.2 Å². The first kappa shape index (κ1) is 13.5. The van der Waals surface area contributed by atoms with Gasteiger partial charge in [-0.1, -0.05) is 15.9 Å². The van der Waals surface area contributed by atoms with Gasteiger partial charge >= 0.3 is 0 Å². The lowest BCUT2D eigenvalue weighted by Gasteiger charge is -2.09. The summed E-state index contributed by atoms with van der Waals surface area (Å²) in [5, 5.41) is 9.29. The van der Waals surface area contributed by atoms with Crippen LogP contribution >= 0.6 is 15.9 Å². The molecule has 0 saturated heterocycles. The van der Waals surface area contributed by atoms with E-state index in [9.17, 15) is 4.79 Å². The van der Waals surface area contributed by atoms with Crippen LogP contribution in [0, 0.1) is 0 Å². The summed E-state index contributed by atoms with van der Waals surface area (Å²) in [6.07, 6.45) is 2.04. The van der Waals surface area contributed by atoms with E-state index in [-0.39, 0.29) is 5.91 Å². The molecule has 0 atom stereocenters. The molecule has 2 N–H and O–H groups in total. The topological polar surface area (TPSA) is 79.9 Å². The normalized spacial score (nSPS) is 10.2. The fraction of sp³-hybridized carbons (Fsp3) is 0.250. The molecule has 1 heterocycles. The summed E-state index contributed by atoms with van der Waals surface area (Å²) in [6, 6.07) is 5.27. The Morgan fingerprint density at radius 1 is 1.53 bits per heavy atom. The Balaban J connectivity index is 1.96. The number of hydrogen-bond donors (Lipinski definition) is 2. The minimum atomic E-state index is -0.177. The third-order valence-corrected chi connectivity index (χ3v) is 3.01. The van der Waals surface area contributed by atoms with E-state index in [4.69, 9.17) is 4.74 Å². The number of carbonyl (C=O) groups excluding carboxylic acids is 1. The molecular formula is C12H13BrN4O2. The predicted molar refractivity (Wildman–Crippen MR) is 73.1 cm³/mol. The van der Waals surface area contributed by atoms with Crippen LogP contribution in [0.5, 0.6) is 5.75 Å². The van der Waals surface area contributed by atoms with Crippen LogP contribution < -0.4 is 10.1 Å². The first-order valence-electron chi connectivity index (χ1n) is 5.66. The third kappa shape index (κ3) is 3.54. The van der Waals surface area contributed by atoms with Gasteiger partial charge in [0, 0.05) is 17.4 Å². The van der Waals surface area contributed by atoms with E-state index in [1.165, 1.54) is 13.4 Å². The molecule has 0 radical (unpaired) electrons. The molecule has 100 valence electrons. The predicted octanol–water partition coefficient (Wildman–Crippen LogP) is 1.55. The number of hydrogen-bond acceptors (Lipinski definition) is 4. The highest BCUT2D eigenvalue weighted by molar-refractivity contribution is 9.10. The standard InChI is InChI=1S/C12H13BrN4O2/c1-19-10-6-8(13)2-3-9(10)12(18)14-5-4-11-15-7-16-17-11/h2-3,6-7H,4-5H2,1H3,(H,14,18)(H,15,16,17). The average molecular weight is 325 g/mol. The molecule has 2 aromatic rings. The van der Waals surface area contributed by atoms with Crippen LogP contribution in [0.15, 0.2) is 29.0 Å². The molecule has 7 heteroatoms. The van der Waals surface area contributed by atoms with Crippen LogP contribution in [0.4, 0.5) is 0 Å². The number of H-pyrrole nitrogens is 1. The van der Waals surface area contributed by atoms with Crippen molar-refractivity contribution in [2.24, 2.45) is 0 Å². The number of halogens is 1. The zero-order chi connectivity index (χ0) is 13.7. The van der Waals surface area contributed by atoms with Crippen LogP contribution in [-0.4, -0.2) is 34.7 Å². The molecule has 0 fully saturated rings. The van der Waals surface area contributed by atoms with Gasteiger partial charge < -0.3 is 10.1 Å². The minimum absolute atomic E-state index is 0.177. The molecule has 0 unspecified atom stereocenters.